The molecule has 0 bridgehead atoms. The van der Waals surface area contributed by atoms with E-state index in [1.807, 2.05) is 25.4 Å². The Labute approximate surface area is 149 Å². The van der Waals surface area contributed by atoms with Gasteiger partial charge in [-0.05, 0) is 12.5 Å². The van der Waals surface area contributed by atoms with Gasteiger partial charge in [0, 0.05) is 48.6 Å². The second-order valence-corrected chi connectivity index (χ2v) is 7.83. The van der Waals surface area contributed by atoms with Gasteiger partial charge >= 0.3 is 0 Å². The van der Waals surface area contributed by atoms with E-state index in [1.165, 1.54) is 11.8 Å². The van der Waals surface area contributed by atoms with Crippen molar-refractivity contribution >= 4 is 40.4 Å². The first-order valence-corrected chi connectivity index (χ1v) is 9.26. The van der Waals surface area contributed by atoms with E-state index < -0.39 is 5.41 Å². The first-order valence-electron chi connectivity index (χ1n) is 8.27. The predicted molar refractivity (Wildman–Crippen MR) is 95.0 cm³/mol. The standard InChI is InChI=1S/C18H19N3O3S/c1-20-9-14(12-4-2-3-5-13(12)20)25-10-16(23)21-7-6-18(11-21)8-15(22)19-17(18)24/h2-5,9H,6-8,10-11H2,1H3,(H,19,22,24)/t18-/m0/s1. The maximum Gasteiger partial charge on any atom is 0.235 e. The highest BCUT2D eigenvalue weighted by Crippen LogP contribution is 2.38. The summed E-state index contributed by atoms with van der Waals surface area (Å²) < 4.78 is 2.06. The SMILES string of the molecule is Cn1cc(SCC(=O)N2CC[C@]3(CC(=O)NC3=O)C2)c2ccccc21. The van der Waals surface area contributed by atoms with E-state index in [4.69, 9.17) is 0 Å². The molecule has 1 spiro atoms. The zero-order valence-electron chi connectivity index (χ0n) is 13.9. The number of amides is 3. The maximum atomic E-state index is 12.6. The summed E-state index contributed by atoms with van der Waals surface area (Å²) in [6, 6.07) is 8.11. The Kier molecular flexibility index (Phi) is 3.83. The third-order valence-electron chi connectivity index (χ3n) is 5.15. The van der Waals surface area contributed by atoms with Crippen molar-refractivity contribution < 1.29 is 14.4 Å². The van der Waals surface area contributed by atoms with Crippen LogP contribution in [0.4, 0.5) is 0 Å². The smallest absolute Gasteiger partial charge is 0.235 e. The summed E-state index contributed by atoms with van der Waals surface area (Å²) in [6.45, 7) is 0.884. The molecule has 2 aliphatic rings. The number of nitrogens with zero attached hydrogens (tertiary/aromatic N) is 2. The Balaban J connectivity index is 1.43. The van der Waals surface area contributed by atoms with Crippen molar-refractivity contribution in [2.24, 2.45) is 12.5 Å². The minimum Gasteiger partial charge on any atom is -0.349 e. The van der Waals surface area contributed by atoms with Gasteiger partial charge in [-0.15, -0.1) is 11.8 Å². The van der Waals surface area contributed by atoms with Gasteiger partial charge in [-0.1, -0.05) is 18.2 Å². The highest BCUT2D eigenvalue weighted by atomic mass is 32.2. The van der Waals surface area contributed by atoms with Crippen LogP contribution in [-0.2, 0) is 21.4 Å². The largest absolute Gasteiger partial charge is 0.349 e. The molecular formula is C18H19N3O3S. The molecule has 1 atom stereocenters. The summed E-state index contributed by atoms with van der Waals surface area (Å²) in [7, 11) is 1.99. The first-order chi connectivity index (χ1) is 12.0. The molecule has 0 aliphatic carbocycles. The fraction of sp³-hybridized carbons (Fsp3) is 0.389. The van der Waals surface area contributed by atoms with Crippen molar-refractivity contribution in [3.05, 3.63) is 30.5 Å². The molecule has 0 unspecified atom stereocenters. The van der Waals surface area contributed by atoms with Crippen LogP contribution in [0.15, 0.2) is 35.4 Å². The van der Waals surface area contributed by atoms with Gasteiger partial charge in [-0.2, -0.15) is 0 Å². The number of thioether (sulfide) groups is 1. The van der Waals surface area contributed by atoms with Gasteiger partial charge in [0.1, 0.15) is 0 Å². The molecule has 2 aliphatic heterocycles. The highest BCUT2D eigenvalue weighted by molar-refractivity contribution is 8.00. The number of benzene rings is 1. The lowest BCUT2D eigenvalue weighted by Gasteiger charge is -2.20. The fourth-order valence-corrected chi connectivity index (χ4v) is 4.78. The molecule has 0 radical (unpaired) electrons. The van der Waals surface area contributed by atoms with Gasteiger partial charge in [0.2, 0.25) is 17.7 Å². The van der Waals surface area contributed by atoms with E-state index in [0.717, 1.165) is 15.8 Å². The van der Waals surface area contributed by atoms with Gasteiger partial charge in [-0.3, -0.25) is 19.7 Å². The molecular weight excluding hydrogens is 338 g/mol. The van der Waals surface area contributed by atoms with Gasteiger partial charge in [0.05, 0.1) is 11.2 Å². The van der Waals surface area contributed by atoms with Crippen molar-refractivity contribution in [1.29, 1.82) is 0 Å². The average molecular weight is 357 g/mol. The van der Waals surface area contributed by atoms with Crippen molar-refractivity contribution in [3.63, 3.8) is 0 Å². The number of imide groups is 1. The summed E-state index contributed by atoms with van der Waals surface area (Å²) in [5.41, 5.74) is 0.440. The van der Waals surface area contributed by atoms with Gasteiger partial charge in [0.15, 0.2) is 0 Å². The van der Waals surface area contributed by atoms with Gasteiger partial charge in [0.25, 0.3) is 0 Å². The van der Waals surface area contributed by atoms with Crippen LogP contribution in [0.2, 0.25) is 0 Å². The number of para-hydroxylation sites is 1. The topological polar surface area (TPSA) is 71.4 Å². The molecule has 6 nitrogen and oxygen atoms in total. The van der Waals surface area contributed by atoms with E-state index >= 15 is 0 Å². The quantitative estimate of drug-likeness (QED) is 0.668. The molecule has 25 heavy (non-hydrogen) atoms. The molecule has 2 aromatic rings. The molecule has 2 saturated heterocycles. The number of aromatic nitrogens is 1. The Morgan fingerprint density at radius 2 is 2.12 bits per heavy atom. The molecule has 4 rings (SSSR count). The van der Waals surface area contributed by atoms with E-state index in [1.54, 1.807) is 4.90 Å². The second-order valence-electron chi connectivity index (χ2n) is 6.81. The zero-order chi connectivity index (χ0) is 17.6. The van der Waals surface area contributed by atoms with Crippen LogP contribution in [0.3, 0.4) is 0 Å². The van der Waals surface area contributed by atoms with Crippen LogP contribution in [0, 0.1) is 5.41 Å². The average Bonchev–Trinajstić information content (AvgIpc) is 3.24. The lowest BCUT2D eigenvalue weighted by Crippen LogP contribution is -2.37. The number of fused-ring (bicyclic) bond motifs is 1. The summed E-state index contributed by atoms with van der Waals surface area (Å²) >= 11 is 1.52. The lowest BCUT2D eigenvalue weighted by molar-refractivity contribution is -0.129. The van der Waals surface area contributed by atoms with E-state index in [0.29, 0.717) is 25.3 Å². The number of hydrogen-bond acceptors (Lipinski definition) is 4. The third kappa shape index (κ3) is 2.72. The van der Waals surface area contributed by atoms with Crippen molar-refractivity contribution in [3.8, 4) is 0 Å². The Morgan fingerprint density at radius 3 is 2.88 bits per heavy atom. The van der Waals surface area contributed by atoms with Gasteiger partial charge < -0.3 is 9.47 Å². The fourth-order valence-electron chi connectivity index (χ4n) is 3.76. The molecule has 1 aromatic heterocycles. The zero-order valence-corrected chi connectivity index (χ0v) is 14.8. The number of nitrogens with one attached hydrogen (secondary N) is 1. The van der Waals surface area contributed by atoms with Crippen molar-refractivity contribution in [1.82, 2.24) is 14.8 Å². The van der Waals surface area contributed by atoms with Gasteiger partial charge in [-0.25, -0.2) is 0 Å². The van der Waals surface area contributed by atoms with Crippen molar-refractivity contribution in [2.75, 3.05) is 18.8 Å². The normalized spacial score (nSPS) is 23.0. The first kappa shape index (κ1) is 16.2. The Hall–Kier alpha value is -2.28. The minimum absolute atomic E-state index is 0.0157. The number of hydrogen-bond donors (Lipinski definition) is 1. The molecule has 1 aromatic carbocycles. The van der Waals surface area contributed by atoms with E-state index in [-0.39, 0.29) is 24.1 Å². The van der Waals surface area contributed by atoms with Crippen LogP contribution < -0.4 is 5.32 Å². The monoisotopic (exact) mass is 357 g/mol. The summed E-state index contributed by atoms with van der Waals surface area (Å²) in [4.78, 5) is 38.9. The molecule has 1 N–H and O–H groups in total. The van der Waals surface area contributed by atoms with Crippen LogP contribution in [0.5, 0.6) is 0 Å². The summed E-state index contributed by atoms with van der Waals surface area (Å²) in [6.07, 6.45) is 2.80. The molecule has 0 saturated carbocycles. The lowest BCUT2D eigenvalue weighted by atomic mass is 9.85. The van der Waals surface area contributed by atoms with Crippen LogP contribution in [0.25, 0.3) is 10.9 Å². The highest BCUT2D eigenvalue weighted by Gasteiger charge is 2.51. The number of aryl methyl sites for hydroxylation is 1. The minimum atomic E-state index is -0.698. The van der Waals surface area contributed by atoms with E-state index in [9.17, 15) is 14.4 Å². The number of carbonyl (C=O) groups excluding carboxylic acids is 3. The predicted octanol–water partition coefficient (Wildman–Crippen LogP) is 1.54. The molecule has 2 fully saturated rings. The number of carbonyl (C=O) groups is 3. The Morgan fingerprint density at radius 1 is 1.32 bits per heavy atom. The third-order valence-corrected chi connectivity index (χ3v) is 6.18. The second kappa shape index (κ2) is 5.91. The number of likely N-dealkylation sites (tertiary alicyclic amines) is 1. The molecule has 130 valence electrons. The van der Waals surface area contributed by atoms with E-state index in [2.05, 4.69) is 22.0 Å². The molecule has 3 heterocycles. The maximum absolute atomic E-state index is 12.6. The van der Waals surface area contributed by atoms with Crippen LogP contribution >= 0.6 is 11.8 Å². The summed E-state index contributed by atoms with van der Waals surface area (Å²) in [5, 5.41) is 3.51. The number of rotatable bonds is 3. The van der Waals surface area contributed by atoms with Crippen molar-refractivity contribution in [2.45, 2.75) is 17.7 Å². The molecule has 3 amide bonds. The van der Waals surface area contributed by atoms with Crippen LogP contribution in [0.1, 0.15) is 12.8 Å². The Bertz CT molecular complexity index is 891. The summed E-state index contributed by atoms with van der Waals surface area (Å²) in [5.74, 6) is -0.111. The molecule has 7 heteroatoms. The van der Waals surface area contributed by atoms with Crippen LogP contribution in [-0.4, -0.2) is 46.0 Å².